The van der Waals surface area contributed by atoms with E-state index >= 15 is 0 Å². The minimum Gasteiger partial charge on any atom is -0.394 e. The molecule has 0 spiro atoms. The number of morpholine rings is 1. The zero-order valence-electron chi connectivity index (χ0n) is 11.5. The summed E-state index contributed by atoms with van der Waals surface area (Å²) in [5, 5.41) is 13.0. The highest BCUT2D eigenvalue weighted by Gasteiger charge is 2.30. The lowest BCUT2D eigenvalue weighted by atomic mass is 10.1. The van der Waals surface area contributed by atoms with Crippen LogP contribution in [0.15, 0.2) is 4.52 Å². The number of hydrogen-bond acceptors (Lipinski definition) is 5. The Balaban J connectivity index is 2.06. The van der Waals surface area contributed by atoms with Crippen LogP contribution in [0.4, 0.5) is 0 Å². The van der Waals surface area contributed by atoms with Gasteiger partial charge in [0.1, 0.15) is 5.76 Å². The Morgan fingerprint density at radius 3 is 2.84 bits per heavy atom. The molecule has 1 aromatic heterocycles. The van der Waals surface area contributed by atoms with Gasteiger partial charge in [-0.2, -0.15) is 0 Å². The van der Waals surface area contributed by atoms with Gasteiger partial charge in [0.25, 0.3) is 0 Å². The van der Waals surface area contributed by atoms with E-state index in [1.807, 2.05) is 20.8 Å². The van der Waals surface area contributed by atoms with Crippen molar-refractivity contribution in [3.05, 3.63) is 17.0 Å². The van der Waals surface area contributed by atoms with E-state index in [1.54, 1.807) is 4.90 Å². The van der Waals surface area contributed by atoms with E-state index < -0.39 is 0 Å². The van der Waals surface area contributed by atoms with Gasteiger partial charge in [0.2, 0.25) is 5.91 Å². The van der Waals surface area contributed by atoms with Gasteiger partial charge in [-0.25, -0.2) is 0 Å². The Hall–Kier alpha value is -1.40. The van der Waals surface area contributed by atoms with Crippen LogP contribution in [-0.2, 0) is 16.0 Å². The monoisotopic (exact) mass is 268 g/mol. The molecule has 1 aromatic rings. The minimum absolute atomic E-state index is 0.0173. The minimum atomic E-state index is -0.287. The number of carbonyl (C=O) groups is 1. The Bertz CT molecular complexity index is 438. The van der Waals surface area contributed by atoms with Crippen molar-refractivity contribution in [3.63, 3.8) is 0 Å². The fourth-order valence-electron chi connectivity index (χ4n) is 2.28. The first kappa shape index (κ1) is 14.0. The maximum Gasteiger partial charge on any atom is 0.227 e. The van der Waals surface area contributed by atoms with Crippen molar-refractivity contribution >= 4 is 5.91 Å². The molecule has 1 amide bonds. The van der Waals surface area contributed by atoms with Crippen molar-refractivity contribution in [2.75, 3.05) is 19.8 Å². The van der Waals surface area contributed by atoms with Crippen molar-refractivity contribution in [2.45, 2.75) is 39.3 Å². The third-order valence-corrected chi connectivity index (χ3v) is 3.54. The summed E-state index contributed by atoms with van der Waals surface area (Å²) in [6.07, 6.45) is -0.00580. The lowest BCUT2D eigenvalue weighted by Gasteiger charge is -2.37. The van der Waals surface area contributed by atoms with Crippen molar-refractivity contribution in [1.82, 2.24) is 10.1 Å². The average Bonchev–Trinajstić information content (AvgIpc) is 2.71. The molecule has 1 saturated heterocycles. The summed E-state index contributed by atoms with van der Waals surface area (Å²) in [5.74, 6) is 0.703. The van der Waals surface area contributed by atoms with Gasteiger partial charge in [-0.3, -0.25) is 4.79 Å². The summed E-state index contributed by atoms with van der Waals surface area (Å²) < 4.78 is 10.5. The normalized spacial score (nSPS) is 23.7. The largest absolute Gasteiger partial charge is 0.394 e. The third kappa shape index (κ3) is 2.96. The van der Waals surface area contributed by atoms with Crippen LogP contribution in [0.25, 0.3) is 0 Å². The number of rotatable bonds is 3. The molecule has 6 nitrogen and oxygen atoms in total. The molecule has 1 N–H and O–H groups in total. The van der Waals surface area contributed by atoms with Crippen LogP contribution >= 0.6 is 0 Å². The molecule has 0 aliphatic carbocycles. The van der Waals surface area contributed by atoms with Gasteiger partial charge in [0.05, 0.1) is 37.5 Å². The molecule has 19 heavy (non-hydrogen) atoms. The Morgan fingerprint density at radius 2 is 2.26 bits per heavy atom. The second-order valence-corrected chi connectivity index (χ2v) is 5.01. The van der Waals surface area contributed by atoms with Gasteiger partial charge in [-0.15, -0.1) is 0 Å². The van der Waals surface area contributed by atoms with E-state index in [0.29, 0.717) is 18.9 Å². The van der Waals surface area contributed by atoms with E-state index in [4.69, 9.17) is 14.4 Å². The van der Waals surface area contributed by atoms with Crippen molar-refractivity contribution < 1.29 is 19.2 Å². The van der Waals surface area contributed by atoms with Gasteiger partial charge in [0.15, 0.2) is 0 Å². The quantitative estimate of drug-likeness (QED) is 0.861. The second-order valence-electron chi connectivity index (χ2n) is 5.01. The predicted molar refractivity (Wildman–Crippen MR) is 67.7 cm³/mol. The molecule has 2 heterocycles. The first-order valence-corrected chi connectivity index (χ1v) is 6.46. The molecular formula is C13H20N2O4. The lowest BCUT2D eigenvalue weighted by Crippen LogP contribution is -2.52. The van der Waals surface area contributed by atoms with Crippen molar-refractivity contribution in [3.8, 4) is 0 Å². The molecule has 2 rings (SSSR count). The summed E-state index contributed by atoms with van der Waals surface area (Å²) in [4.78, 5) is 14.1. The van der Waals surface area contributed by atoms with Gasteiger partial charge in [-0.05, 0) is 20.8 Å². The SMILES string of the molecule is Cc1noc(C)c1CC(=O)N1CC(CO)OCC1C. The summed E-state index contributed by atoms with van der Waals surface area (Å²) in [6, 6.07) is 0.0239. The Labute approximate surface area is 112 Å². The topological polar surface area (TPSA) is 75.8 Å². The standard InChI is InChI=1S/C13H20N2O4/c1-8-7-18-11(6-16)5-15(8)13(17)4-12-9(2)14-19-10(12)3/h8,11,16H,4-7H2,1-3H3. The van der Waals surface area contributed by atoms with Crippen LogP contribution in [0.1, 0.15) is 23.9 Å². The first-order valence-electron chi connectivity index (χ1n) is 6.46. The predicted octanol–water partition coefficient (Wildman–Crippen LogP) is 0.442. The molecule has 0 radical (unpaired) electrons. The molecule has 2 atom stereocenters. The van der Waals surface area contributed by atoms with Crippen LogP contribution in [0.5, 0.6) is 0 Å². The zero-order valence-corrected chi connectivity index (χ0v) is 11.5. The Morgan fingerprint density at radius 1 is 1.53 bits per heavy atom. The van der Waals surface area contributed by atoms with E-state index in [2.05, 4.69) is 5.16 Å². The number of ether oxygens (including phenoxy) is 1. The van der Waals surface area contributed by atoms with Gasteiger partial charge in [0, 0.05) is 12.1 Å². The van der Waals surface area contributed by atoms with Crippen LogP contribution in [0.3, 0.4) is 0 Å². The van der Waals surface area contributed by atoms with Gasteiger partial charge < -0.3 is 19.3 Å². The highest BCUT2D eigenvalue weighted by Crippen LogP contribution is 2.17. The smallest absolute Gasteiger partial charge is 0.227 e. The van der Waals surface area contributed by atoms with Crippen LogP contribution in [0, 0.1) is 13.8 Å². The molecule has 0 bridgehead atoms. The Kier molecular flexibility index (Phi) is 4.21. The van der Waals surface area contributed by atoms with Crippen LogP contribution in [0.2, 0.25) is 0 Å². The van der Waals surface area contributed by atoms with E-state index in [1.165, 1.54) is 0 Å². The summed E-state index contributed by atoms with van der Waals surface area (Å²) in [5.41, 5.74) is 1.61. The molecule has 1 fully saturated rings. The zero-order chi connectivity index (χ0) is 14.0. The molecular weight excluding hydrogens is 248 g/mol. The number of aryl methyl sites for hydroxylation is 2. The maximum absolute atomic E-state index is 12.4. The van der Waals surface area contributed by atoms with Gasteiger partial charge in [-0.1, -0.05) is 5.16 Å². The molecule has 1 aliphatic rings. The molecule has 0 aromatic carbocycles. The van der Waals surface area contributed by atoms with Crippen LogP contribution < -0.4 is 0 Å². The van der Waals surface area contributed by atoms with Crippen molar-refractivity contribution in [2.24, 2.45) is 0 Å². The number of hydrogen-bond donors (Lipinski definition) is 1. The number of nitrogens with zero attached hydrogens (tertiary/aromatic N) is 2. The summed E-state index contributed by atoms with van der Waals surface area (Å²) >= 11 is 0. The number of aromatic nitrogens is 1. The van der Waals surface area contributed by atoms with Gasteiger partial charge >= 0.3 is 0 Å². The van der Waals surface area contributed by atoms with E-state index in [9.17, 15) is 4.79 Å². The fraction of sp³-hybridized carbons (Fsp3) is 0.692. The highest BCUT2D eigenvalue weighted by atomic mass is 16.5. The number of amides is 1. The highest BCUT2D eigenvalue weighted by molar-refractivity contribution is 5.79. The number of aliphatic hydroxyl groups is 1. The van der Waals surface area contributed by atoms with Crippen molar-refractivity contribution in [1.29, 1.82) is 0 Å². The third-order valence-electron chi connectivity index (χ3n) is 3.54. The molecule has 0 saturated carbocycles. The number of carbonyl (C=O) groups excluding carboxylic acids is 1. The summed E-state index contributed by atoms with van der Waals surface area (Å²) in [7, 11) is 0. The molecule has 6 heteroatoms. The molecule has 106 valence electrons. The van der Waals surface area contributed by atoms with Crippen LogP contribution in [-0.4, -0.2) is 53.0 Å². The lowest BCUT2D eigenvalue weighted by molar-refractivity contribution is -0.145. The second kappa shape index (κ2) is 5.71. The number of aliphatic hydroxyl groups excluding tert-OH is 1. The summed E-state index contributed by atoms with van der Waals surface area (Å²) in [6.45, 7) is 6.40. The average molecular weight is 268 g/mol. The van der Waals surface area contributed by atoms with E-state index in [-0.39, 0.29) is 31.1 Å². The fourth-order valence-corrected chi connectivity index (χ4v) is 2.28. The molecule has 2 unspecified atom stereocenters. The first-order chi connectivity index (χ1) is 9.02. The molecule has 1 aliphatic heterocycles. The van der Waals surface area contributed by atoms with E-state index in [0.717, 1.165) is 11.3 Å². The maximum atomic E-state index is 12.4.